The van der Waals surface area contributed by atoms with Gasteiger partial charge in [0, 0.05) is 27.2 Å². The van der Waals surface area contributed by atoms with Crippen molar-refractivity contribution in [3.05, 3.63) is 98.0 Å². The molecule has 0 spiro atoms. The molecule has 4 aromatic rings. The van der Waals surface area contributed by atoms with E-state index in [1.807, 2.05) is 39.8 Å². The Kier molecular flexibility index (Phi) is 9.43. The van der Waals surface area contributed by atoms with E-state index in [-0.39, 0.29) is 28.7 Å². The van der Waals surface area contributed by atoms with Crippen LogP contribution in [0.4, 0.5) is 10.2 Å². The predicted molar refractivity (Wildman–Crippen MR) is 166 cm³/mol. The monoisotopic (exact) mass is 687 g/mol. The number of nitrogens with zero attached hydrogens (tertiary/aromatic N) is 2. The van der Waals surface area contributed by atoms with Gasteiger partial charge in [-0.3, -0.25) is 9.78 Å². The van der Waals surface area contributed by atoms with Gasteiger partial charge in [-0.25, -0.2) is 17.8 Å². The standard InChI is InChI=1S/C31H31FIN3O4S/c1-18(2)16-40-24-13-21(12-22(32)14-24)27-9-8-25(28(35-27)15-26-19(3)10-23(33)11-20(26)4)29(37)17-41(38,39)31-7-5-6-30(34)36-31/h5-14,18H,15-17H2,1-4H3,(H2,34,36). The molecule has 2 heterocycles. The largest absolute Gasteiger partial charge is 0.493 e. The van der Waals surface area contributed by atoms with Crippen molar-refractivity contribution in [2.24, 2.45) is 5.92 Å². The van der Waals surface area contributed by atoms with Crippen LogP contribution in [0.3, 0.4) is 0 Å². The fourth-order valence-corrected chi connectivity index (χ4v) is 6.54. The van der Waals surface area contributed by atoms with Crippen LogP contribution in [0, 0.1) is 29.2 Å². The molecule has 0 aliphatic rings. The topological polar surface area (TPSA) is 112 Å². The van der Waals surface area contributed by atoms with E-state index in [9.17, 15) is 17.6 Å². The van der Waals surface area contributed by atoms with Gasteiger partial charge in [-0.05, 0) is 108 Å². The van der Waals surface area contributed by atoms with Gasteiger partial charge in [0.05, 0.1) is 18.0 Å². The van der Waals surface area contributed by atoms with Crippen LogP contribution in [-0.2, 0) is 16.3 Å². The van der Waals surface area contributed by atoms with Crippen molar-refractivity contribution in [2.75, 3.05) is 18.1 Å². The van der Waals surface area contributed by atoms with Crippen LogP contribution < -0.4 is 10.5 Å². The van der Waals surface area contributed by atoms with Crippen molar-refractivity contribution in [3.63, 3.8) is 0 Å². The van der Waals surface area contributed by atoms with Crippen molar-refractivity contribution in [2.45, 2.75) is 39.1 Å². The van der Waals surface area contributed by atoms with E-state index < -0.39 is 27.2 Å². The summed E-state index contributed by atoms with van der Waals surface area (Å²) in [5.74, 6) is -1.21. The van der Waals surface area contributed by atoms with Gasteiger partial charge in [-0.2, -0.15) is 0 Å². The lowest BCUT2D eigenvalue weighted by atomic mass is 9.95. The SMILES string of the molecule is Cc1cc(I)cc(C)c1Cc1nc(-c2cc(F)cc(OCC(C)C)c2)ccc1C(=O)CS(=O)(=O)c1cccc(N)n1. The lowest BCUT2D eigenvalue weighted by Gasteiger charge is -2.15. The van der Waals surface area contributed by atoms with E-state index in [1.54, 1.807) is 18.2 Å². The molecule has 0 aliphatic carbocycles. The van der Waals surface area contributed by atoms with Gasteiger partial charge in [-0.1, -0.05) is 19.9 Å². The number of carbonyl (C=O) groups is 1. The summed E-state index contributed by atoms with van der Waals surface area (Å²) in [5, 5.41) is -0.269. The van der Waals surface area contributed by atoms with Gasteiger partial charge in [0.1, 0.15) is 23.1 Å². The number of hydrogen-bond acceptors (Lipinski definition) is 7. The van der Waals surface area contributed by atoms with Crippen LogP contribution in [0.2, 0.25) is 0 Å². The number of ether oxygens (including phenoxy) is 1. The van der Waals surface area contributed by atoms with Crippen LogP contribution in [0.5, 0.6) is 5.75 Å². The van der Waals surface area contributed by atoms with Gasteiger partial charge >= 0.3 is 0 Å². The van der Waals surface area contributed by atoms with Crippen LogP contribution >= 0.6 is 22.6 Å². The summed E-state index contributed by atoms with van der Waals surface area (Å²) in [7, 11) is -4.06. The molecule has 0 amide bonds. The lowest BCUT2D eigenvalue weighted by molar-refractivity contribution is 0.101. The van der Waals surface area contributed by atoms with Gasteiger partial charge in [0.15, 0.2) is 10.8 Å². The summed E-state index contributed by atoms with van der Waals surface area (Å²) in [4.78, 5) is 22.2. The fourth-order valence-electron chi connectivity index (χ4n) is 4.42. The minimum atomic E-state index is -4.06. The molecular weight excluding hydrogens is 656 g/mol. The third-order valence-electron chi connectivity index (χ3n) is 6.41. The summed E-state index contributed by atoms with van der Waals surface area (Å²) in [6.45, 7) is 8.40. The number of aromatic nitrogens is 2. The summed E-state index contributed by atoms with van der Waals surface area (Å²) in [5.41, 5.74) is 10.2. The molecule has 0 aliphatic heterocycles. The van der Waals surface area contributed by atoms with E-state index in [0.29, 0.717) is 29.3 Å². The Bertz CT molecular complexity index is 1700. The number of nitrogen functional groups attached to an aromatic ring is 1. The molecule has 0 unspecified atom stereocenters. The van der Waals surface area contributed by atoms with Crippen LogP contribution in [-0.4, -0.2) is 36.5 Å². The molecule has 0 bridgehead atoms. The lowest BCUT2D eigenvalue weighted by Crippen LogP contribution is -2.20. The number of rotatable bonds is 10. The minimum absolute atomic E-state index is 0.0433. The Morgan fingerprint density at radius 1 is 1.02 bits per heavy atom. The van der Waals surface area contributed by atoms with E-state index in [0.717, 1.165) is 20.3 Å². The number of nitrogens with two attached hydrogens (primary N) is 1. The first-order chi connectivity index (χ1) is 19.3. The van der Waals surface area contributed by atoms with Gasteiger partial charge in [0.25, 0.3) is 0 Å². The quantitative estimate of drug-likeness (QED) is 0.152. The molecule has 41 heavy (non-hydrogen) atoms. The number of benzene rings is 2. The maximum atomic E-state index is 14.6. The molecule has 0 saturated carbocycles. The number of pyridine rings is 2. The first kappa shape index (κ1) is 30.6. The molecular formula is C31H31FIN3O4S. The molecule has 0 radical (unpaired) electrons. The van der Waals surface area contributed by atoms with Crippen molar-refractivity contribution in [1.29, 1.82) is 0 Å². The molecule has 7 nitrogen and oxygen atoms in total. The second-order valence-corrected chi connectivity index (χ2v) is 13.5. The maximum absolute atomic E-state index is 14.6. The van der Waals surface area contributed by atoms with Crippen LogP contribution in [0.1, 0.15) is 46.6 Å². The molecule has 0 saturated heterocycles. The van der Waals surface area contributed by atoms with Crippen molar-refractivity contribution < 1.29 is 22.3 Å². The number of aryl methyl sites for hydroxylation is 2. The summed E-state index contributed by atoms with van der Waals surface area (Å²) in [6, 6.07) is 15.9. The first-order valence-corrected chi connectivity index (χ1v) is 15.7. The van der Waals surface area contributed by atoms with Crippen LogP contribution in [0.15, 0.2) is 65.7 Å². The Hall–Kier alpha value is -3.38. The zero-order chi connectivity index (χ0) is 29.9. The Balaban J connectivity index is 1.78. The number of carbonyl (C=O) groups excluding carboxylic acids is 1. The summed E-state index contributed by atoms with van der Waals surface area (Å²) < 4.78 is 47.5. The van der Waals surface area contributed by atoms with Crippen molar-refractivity contribution >= 4 is 44.0 Å². The fraction of sp³-hybridized carbons (Fsp3) is 0.258. The molecule has 10 heteroatoms. The highest BCUT2D eigenvalue weighted by molar-refractivity contribution is 14.1. The molecule has 4 rings (SSSR count). The zero-order valence-electron chi connectivity index (χ0n) is 23.2. The second kappa shape index (κ2) is 12.6. The smallest absolute Gasteiger partial charge is 0.203 e. The van der Waals surface area contributed by atoms with E-state index in [4.69, 9.17) is 15.5 Å². The highest BCUT2D eigenvalue weighted by atomic mass is 127. The third-order valence-corrected chi connectivity index (χ3v) is 8.54. The van der Waals surface area contributed by atoms with E-state index >= 15 is 0 Å². The summed E-state index contributed by atoms with van der Waals surface area (Å²) in [6.07, 6.45) is 0.284. The molecule has 0 atom stereocenters. The molecule has 2 aromatic carbocycles. The molecule has 2 N–H and O–H groups in total. The zero-order valence-corrected chi connectivity index (χ0v) is 26.2. The number of hydrogen-bond donors (Lipinski definition) is 1. The van der Waals surface area contributed by atoms with Crippen LogP contribution in [0.25, 0.3) is 11.3 Å². The number of Topliss-reactive ketones (excluding diaryl/α,β-unsaturated/α-hetero) is 1. The third kappa shape index (κ3) is 7.68. The van der Waals surface area contributed by atoms with Gasteiger partial charge < -0.3 is 10.5 Å². The predicted octanol–water partition coefficient (Wildman–Crippen LogP) is 6.37. The number of halogens is 2. The number of ketones is 1. The van der Waals surface area contributed by atoms with Gasteiger partial charge in [0.2, 0.25) is 9.84 Å². The normalized spacial score (nSPS) is 11.6. The Morgan fingerprint density at radius 3 is 2.39 bits per heavy atom. The number of sulfone groups is 1. The van der Waals surface area contributed by atoms with Gasteiger partial charge in [-0.15, -0.1) is 0 Å². The maximum Gasteiger partial charge on any atom is 0.203 e. The van der Waals surface area contributed by atoms with E-state index in [1.165, 1.54) is 30.3 Å². The highest BCUT2D eigenvalue weighted by Gasteiger charge is 2.25. The van der Waals surface area contributed by atoms with Crippen molar-refractivity contribution in [1.82, 2.24) is 9.97 Å². The molecule has 214 valence electrons. The first-order valence-electron chi connectivity index (χ1n) is 13.0. The molecule has 0 fully saturated rings. The van der Waals surface area contributed by atoms with E-state index in [2.05, 4.69) is 27.6 Å². The average Bonchev–Trinajstić information content (AvgIpc) is 2.89. The Labute approximate surface area is 253 Å². The molecule has 2 aromatic heterocycles. The second-order valence-electron chi connectivity index (χ2n) is 10.3. The average molecular weight is 688 g/mol. The minimum Gasteiger partial charge on any atom is -0.493 e. The van der Waals surface area contributed by atoms with Crippen molar-refractivity contribution in [3.8, 4) is 17.0 Å². The number of anilines is 1. The summed E-state index contributed by atoms with van der Waals surface area (Å²) >= 11 is 2.25. The Morgan fingerprint density at radius 2 is 1.73 bits per heavy atom. The highest BCUT2D eigenvalue weighted by Crippen LogP contribution is 2.28.